The standard InChI is InChI=1S/C27H46N2O4/c1-10-29-24(19(3)28-13-15-32-16-14-28)18(2)22-17-21(25(30)33-26(5,6)7)11-12-23(22)27(29,8)20(4)31-9/h10,19-23H,1,11-17H2,2-9H3/t19?,20-,21?,22?,23?,27-/m0/s1. The first-order chi connectivity index (χ1) is 15.5. The Balaban J connectivity index is 2.02. The Hall–Kier alpha value is -1.37. The summed E-state index contributed by atoms with van der Waals surface area (Å²) in [7, 11) is 1.80. The van der Waals surface area contributed by atoms with Gasteiger partial charge in [-0.05, 0) is 91.3 Å². The third-order valence-corrected chi connectivity index (χ3v) is 8.43. The minimum Gasteiger partial charge on any atom is -0.460 e. The molecule has 3 rings (SSSR count). The molecule has 0 N–H and O–H groups in total. The van der Waals surface area contributed by atoms with Crippen LogP contribution in [0.3, 0.4) is 0 Å². The van der Waals surface area contributed by atoms with E-state index in [4.69, 9.17) is 14.2 Å². The topological polar surface area (TPSA) is 51.2 Å². The van der Waals surface area contributed by atoms with Crippen LogP contribution >= 0.6 is 0 Å². The van der Waals surface area contributed by atoms with Crippen molar-refractivity contribution in [2.24, 2.45) is 17.8 Å². The van der Waals surface area contributed by atoms with Gasteiger partial charge in [-0.2, -0.15) is 0 Å². The van der Waals surface area contributed by atoms with Crippen molar-refractivity contribution in [1.29, 1.82) is 0 Å². The van der Waals surface area contributed by atoms with Crippen LogP contribution in [0, 0.1) is 17.8 Å². The lowest BCUT2D eigenvalue weighted by Crippen LogP contribution is -2.64. The molecule has 0 aromatic rings. The van der Waals surface area contributed by atoms with Crippen LogP contribution in [-0.2, 0) is 19.0 Å². The van der Waals surface area contributed by atoms with Gasteiger partial charge >= 0.3 is 5.97 Å². The van der Waals surface area contributed by atoms with Gasteiger partial charge in [0.25, 0.3) is 0 Å². The molecule has 3 aliphatic rings. The Bertz CT molecular complexity index is 752. The van der Waals surface area contributed by atoms with Gasteiger partial charge in [-0.1, -0.05) is 6.58 Å². The molecule has 0 aromatic carbocycles. The van der Waals surface area contributed by atoms with Gasteiger partial charge in [-0.15, -0.1) is 0 Å². The largest absolute Gasteiger partial charge is 0.460 e. The first-order valence-electron chi connectivity index (χ1n) is 12.7. The fraction of sp³-hybridized carbons (Fsp3) is 0.815. The highest BCUT2D eigenvalue weighted by atomic mass is 16.6. The van der Waals surface area contributed by atoms with E-state index in [0.29, 0.717) is 11.8 Å². The molecular formula is C27H46N2O4. The highest BCUT2D eigenvalue weighted by molar-refractivity contribution is 5.73. The van der Waals surface area contributed by atoms with Crippen molar-refractivity contribution < 1.29 is 19.0 Å². The Morgan fingerprint density at radius 1 is 1.24 bits per heavy atom. The number of carbonyl (C=O) groups is 1. The molecule has 33 heavy (non-hydrogen) atoms. The fourth-order valence-corrected chi connectivity index (χ4v) is 6.47. The molecular weight excluding hydrogens is 416 g/mol. The molecule has 6 atom stereocenters. The highest BCUT2D eigenvalue weighted by Crippen LogP contribution is 2.53. The fourth-order valence-electron chi connectivity index (χ4n) is 6.47. The number of hydrogen-bond donors (Lipinski definition) is 0. The number of rotatable bonds is 6. The summed E-state index contributed by atoms with van der Waals surface area (Å²) >= 11 is 0. The smallest absolute Gasteiger partial charge is 0.309 e. The molecule has 0 aromatic heterocycles. The van der Waals surface area contributed by atoms with Crippen molar-refractivity contribution in [1.82, 2.24) is 9.80 Å². The highest BCUT2D eigenvalue weighted by Gasteiger charge is 2.55. The summed E-state index contributed by atoms with van der Waals surface area (Å²) in [6, 6.07) is 0.234. The summed E-state index contributed by atoms with van der Waals surface area (Å²) in [4.78, 5) is 17.9. The van der Waals surface area contributed by atoms with Crippen LogP contribution in [0.25, 0.3) is 0 Å². The van der Waals surface area contributed by atoms with E-state index < -0.39 is 5.60 Å². The molecule has 4 unspecified atom stereocenters. The monoisotopic (exact) mass is 462 g/mol. The number of fused-ring (bicyclic) bond motifs is 1. The number of morpholine rings is 1. The first-order valence-corrected chi connectivity index (χ1v) is 12.7. The maximum atomic E-state index is 13.0. The van der Waals surface area contributed by atoms with Crippen molar-refractivity contribution in [3.05, 3.63) is 24.0 Å². The second-order valence-electron chi connectivity index (χ2n) is 11.3. The number of methoxy groups -OCH3 is 1. The lowest BCUT2D eigenvalue weighted by atomic mass is 9.59. The van der Waals surface area contributed by atoms with E-state index in [-0.39, 0.29) is 29.6 Å². The normalized spacial score (nSPS) is 33.3. The predicted octanol–water partition coefficient (Wildman–Crippen LogP) is 4.61. The molecule has 2 aliphatic heterocycles. The second-order valence-corrected chi connectivity index (χ2v) is 11.3. The van der Waals surface area contributed by atoms with E-state index in [9.17, 15) is 4.79 Å². The summed E-state index contributed by atoms with van der Waals surface area (Å²) in [6.45, 7) is 22.5. The molecule has 2 fully saturated rings. The lowest BCUT2D eigenvalue weighted by molar-refractivity contribution is -0.163. The van der Waals surface area contributed by atoms with Crippen LogP contribution in [0.5, 0.6) is 0 Å². The van der Waals surface area contributed by atoms with E-state index in [1.54, 1.807) is 7.11 Å². The molecule has 0 radical (unpaired) electrons. The Morgan fingerprint density at radius 2 is 1.88 bits per heavy atom. The van der Waals surface area contributed by atoms with Crippen LogP contribution < -0.4 is 0 Å². The lowest BCUT2D eigenvalue weighted by Gasteiger charge is -2.59. The van der Waals surface area contributed by atoms with Crippen LogP contribution in [0.15, 0.2) is 24.0 Å². The van der Waals surface area contributed by atoms with Crippen molar-refractivity contribution in [2.75, 3.05) is 33.4 Å². The number of allylic oxidation sites excluding steroid dienone is 1. The van der Waals surface area contributed by atoms with Gasteiger partial charge in [0.1, 0.15) is 5.60 Å². The first kappa shape index (κ1) is 26.2. The molecule has 6 heteroatoms. The van der Waals surface area contributed by atoms with Gasteiger partial charge in [0.15, 0.2) is 0 Å². The van der Waals surface area contributed by atoms with Gasteiger partial charge in [0, 0.05) is 31.9 Å². The molecule has 1 saturated heterocycles. The molecule has 6 nitrogen and oxygen atoms in total. The quantitative estimate of drug-likeness (QED) is 0.538. The average Bonchev–Trinajstić information content (AvgIpc) is 2.79. The number of carbonyl (C=O) groups excluding carboxylic acids is 1. The molecule has 0 spiro atoms. The maximum Gasteiger partial charge on any atom is 0.309 e. The van der Waals surface area contributed by atoms with Gasteiger partial charge in [0.05, 0.1) is 30.8 Å². The average molecular weight is 463 g/mol. The van der Waals surface area contributed by atoms with E-state index in [0.717, 1.165) is 45.6 Å². The molecule has 1 aliphatic carbocycles. The molecule has 2 heterocycles. The SMILES string of the molecule is C=CN1C(C(C)N2CCOCC2)=C(C)C2CC(C(=O)OC(C)(C)C)CCC2[C@]1(C)[C@H](C)OC. The minimum absolute atomic E-state index is 0.0149. The second kappa shape index (κ2) is 10.1. The third kappa shape index (κ3) is 5.03. The van der Waals surface area contributed by atoms with E-state index in [1.165, 1.54) is 11.3 Å². The van der Waals surface area contributed by atoms with E-state index in [1.807, 2.05) is 27.0 Å². The van der Waals surface area contributed by atoms with Crippen LogP contribution in [0.4, 0.5) is 0 Å². The van der Waals surface area contributed by atoms with Gasteiger partial charge in [-0.3, -0.25) is 9.69 Å². The molecule has 0 bridgehead atoms. The Kier molecular flexibility index (Phi) is 8.02. The summed E-state index contributed by atoms with van der Waals surface area (Å²) < 4.78 is 17.4. The molecule has 1 saturated carbocycles. The number of nitrogens with zero attached hydrogens (tertiary/aromatic N) is 2. The van der Waals surface area contributed by atoms with E-state index in [2.05, 4.69) is 44.1 Å². The van der Waals surface area contributed by atoms with Crippen molar-refractivity contribution >= 4 is 5.97 Å². The molecule has 0 amide bonds. The Morgan fingerprint density at radius 3 is 2.42 bits per heavy atom. The zero-order valence-electron chi connectivity index (χ0n) is 22.1. The summed E-state index contributed by atoms with van der Waals surface area (Å²) in [5, 5.41) is 0. The number of esters is 1. The Labute approximate surface area is 201 Å². The van der Waals surface area contributed by atoms with E-state index >= 15 is 0 Å². The van der Waals surface area contributed by atoms with Crippen molar-refractivity contribution in [3.8, 4) is 0 Å². The summed E-state index contributed by atoms with van der Waals surface area (Å²) in [5.41, 5.74) is 1.99. The number of hydrogen-bond acceptors (Lipinski definition) is 6. The van der Waals surface area contributed by atoms with Crippen molar-refractivity contribution in [2.45, 2.75) is 91.0 Å². The van der Waals surface area contributed by atoms with Crippen LogP contribution in [-0.4, -0.2) is 72.5 Å². The van der Waals surface area contributed by atoms with Crippen molar-refractivity contribution in [3.63, 3.8) is 0 Å². The molecule has 188 valence electrons. The van der Waals surface area contributed by atoms with Crippen LogP contribution in [0.1, 0.15) is 67.7 Å². The minimum atomic E-state index is -0.458. The van der Waals surface area contributed by atoms with Gasteiger partial charge in [0.2, 0.25) is 0 Å². The van der Waals surface area contributed by atoms with Crippen LogP contribution in [0.2, 0.25) is 0 Å². The summed E-state index contributed by atoms with van der Waals surface area (Å²) in [6.07, 6.45) is 4.68. The maximum absolute atomic E-state index is 13.0. The summed E-state index contributed by atoms with van der Waals surface area (Å²) in [5.74, 6) is 0.584. The van der Waals surface area contributed by atoms with Gasteiger partial charge < -0.3 is 19.1 Å². The third-order valence-electron chi connectivity index (χ3n) is 8.43. The zero-order valence-corrected chi connectivity index (χ0v) is 22.1. The number of ether oxygens (including phenoxy) is 3. The van der Waals surface area contributed by atoms with Gasteiger partial charge in [-0.25, -0.2) is 0 Å². The predicted molar refractivity (Wildman–Crippen MR) is 132 cm³/mol. The zero-order chi connectivity index (χ0) is 24.6.